The van der Waals surface area contributed by atoms with Crippen molar-refractivity contribution in [2.75, 3.05) is 0 Å². The maximum absolute atomic E-state index is 12.3. The predicted octanol–water partition coefficient (Wildman–Crippen LogP) is 2.08. The second-order valence-corrected chi connectivity index (χ2v) is 6.21. The molecule has 2 amide bonds. The molecule has 1 saturated heterocycles. The summed E-state index contributed by atoms with van der Waals surface area (Å²) < 4.78 is 0. The van der Waals surface area contributed by atoms with Gasteiger partial charge in [-0.15, -0.1) is 11.3 Å². The van der Waals surface area contributed by atoms with Crippen molar-refractivity contribution in [3.8, 4) is 0 Å². The molecular formula is C14H18N2O2S. The maximum atomic E-state index is 12.3. The Kier molecular flexibility index (Phi) is 3.41. The van der Waals surface area contributed by atoms with Crippen molar-refractivity contribution >= 4 is 23.2 Å². The largest absolute Gasteiger partial charge is 0.298 e. The van der Waals surface area contributed by atoms with Gasteiger partial charge in [0.15, 0.2) is 0 Å². The van der Waals surface area contributed by atoms with Gasteiger partial charge in [0.2, 0.25) is 11.8 Å². The molecular weight excluding hydrogens is 260 g/mol. The number of hydrogen-bond donors (Lipinski definition) is 1. The average molecular weight is 278 g/mol. The van der Waals surface area contributed by atoms with E-state index in [4.69, 9.17) is 0 Å². The van der Waals surface area contributed by atoms with Crippen molar-refractivity contribution in [1.82, 2.24) is 10.2 Å². The second-order valence-electron chi connectivity index (χ2n) is 5.23. The van der Waals surface area contributed by atoms with E-state index in [1.54, 1.807) is 11.3 Å². The van der Waals surface area contributed by atoms with Crippen LogP contribution >= 0.6 is 11.3 Å². The molecule has 2 atom stereocenters. The van der Waals surface area contributed by atoms with Crippen molar-refractivity contribution in [3.05, 3.63) is 22.4 Å². The minimum absolute atomic E-state index is 0.00830. The first-order valence-corrected chi connectivity index (χ1v) is 7.74. The van der Waals surface area contributed by atoms with Crippen LogP contribution in [0.25, 0.3) is 0 Å². The van der Waals surface area contributed by atoms with Crippen molar-refractivity contribution in [3.63, 3.8) is 0 Å². The van der Waals surface area contributed by atoms with Crippen LogP contribution in [0.2, 0.25) is 0 Å². The van der Waals surface area contributed by atoms with Gasteiger partial charge >= 0.3 is 0 Å². The van der Waals surface area contributed by atoms with Gasteiger partial charge in [0.1, 0.15) is 0 Å². The molecule has 0 spiro atoms. The lowest BCUT2D eigenvalue weighted by molar-refractivity contribution is -0.139. The van der Waals surface area contributed by atoms with Gasteiger partial charge in [-0.3, -0.25) is 19.8 Å². The Labute approximate surface area is 116 Å². The molecule has 1 aliphatic heterocycles. The van der Waals surface area contributed by atoms with Crippen molar-refractivity contribution in [1.29, 1.82) is 0 Å². The second kappa shape index (κ2) is 5.06. The van der Waals surface area contributed by atoms with E-state index in [0.717, 1.165) is 19.3 Å². The highest BCUT2D eigenvalue weighted by atomic mass is 32.1. The SMILES string of the molecule is CCC(NC1CC(=O)N(C2CC2)C1=O)c1cccs1. The van der Waals surface area contributed by atoms with Gasteiger partial charge in [-0.05, 0) is 30.7 Å². The van der Waals surface area contributed by atoms with Crippen LogP contribution in [0.1, 0.15) is 43.5 Å². The summed E-state index contributed by atoms with van der Waals surface area (Å²) in [6.45, 7) is 2.09. The quantitative estimate of drug-likeness (QED) is 0.839. The molecule has 1 aliphatic carbocycles. The molecule has 5 heteroatoms. The number of rotatable bonds is 5. The molecule has 1 aromatic rings. The Morgan fingerprint density at radius 3 is 2.84 bits per heavy atom. The van der Waals surface area contributed by atoms with Crippen LogP contribution in [0.3, 0.4) is 0 Å². The average Bonchev–Trinajstić information content (AvgIpc) is 2.99. The van der Waals surface area contributed by atoms with Gasteiger partial charge in [-0.25, -0.2) is 0 Å². The zero-order valence-electron chi connectivity index (χ0n) is 11.0. The Morgan fingerprint density at radius 2 is 2.26 bits per heavy atom. The summed E-state index contributed by atoms with van der Waals surface area (Å²) in [5, 5.41) is 5.40. The zero-order valence-corrected chi connectivity index (χ0v) is 11.8. The van der Waals surface area contributed by atoms with Gasteiger partial charge in [0.05, 0.1) is 12.5 Å². The number of carbonyl (C=O) groups excluding carboxylic acids is 2. The van der Waals surface area contributed by atoms with Gasteiger partial charge < -0.3 is 0 Å². The summed E-state index contributed by atoms with van der Waals surface area (Å²) in [6, 6.07) is 4.11. The van der Waals surface area contributed by atoms with E-state index < -0.39 is 0 Å². The Hall–Kier alpha value is -1.20. The van der Waals surface area contributed by atoms with Crippen molar-refractivity contribution in [2.24, 2.45) is 0 Å². The zero-order chi connectivity index (χ0) is 13.4. The third kappa shape index (κ3) is 2.44. The number of thiophene rings is 1. The number of imide groups is 1. The molecule has 102 valence electrons. The number of amides is 2. The van der Waals surface area contributed by atoms with E-state index in [1.807, 2.05) is 11.4 Å². The fourth-order valence-electron chi connectivity index (χ4n) is 2.63. The molecule has 2 unspecified atom stereocenters. The third-order valence-electron chi connectivity index (χ3n) is 3.79. The van der Waals surface area contributed by atoms with Gasteiger partial charge in [0.25, 0.3) is 0 Å². The van der Waals surface area contributed by atoms with Gasteiger partial charge in [-0.2, -0.15) is 0 Å². The number of likely N-dealkylation sites (tertiary alicyclic amines) is 1. The van der Waals surface area contributed by atoms with Crippen LogP contribution in [-0.4, -0.2) is 28.8 Å². The van der Waals surface area contributed by atoms with Crippen molar-refractivity contribution in [2.45, 2.75) is 50.7 Å². The molecule has 4 nitrogen and oxygen atoms in total. The van der Waals surface area contributed by atoms with Crippen LogP contribution in [0, 0.1) is 0 Å². The minimum Gasteiger partial charge on any atom is -0.298 e. The van der Waals surface area contributed by atoms with Gasteiger partial charge in [-0.1, -0.05) is 13.0 Å². The fraction of sp³-hybridized carbons (Fsp3) is 0.571. The summed E-state index contributed by atoms with van der Waals surface area (Å²) >= 11 is 1.69. The highest BCUT2D eigenvalue weighted by Gasteiger charge is 2.46. The first kappa shape index (κ1) is 12.8. The summed E-state index contributed by atoms with van der Waals surface area (Å²) in [5.74, 6) is -0.0338. The monoisotopic (exact) mass is 278 g/mol. The smallest absolute Gasteiger partial charge is 0.247 e. The summed E-state index contributed by atoms with van der Waals surface area (Å²) in [6.07, 6.45) is 3.19. The number of nitrogens with zero attached hydrogens (tertiary/aromatic N) is 1. The lowest BCUT2D eigenvalue weighted by atomic mass is 10.1. The normalized spacial score (nSPS) is 25.1. The molecule has 2 heterocycles. The van der Waals surface area contributed by atoms with E-state index in [0.29, 0.717) is 6.42 Å². The Balaban J connectivity index is 1.69. The molecule has 3 rings (SSSR count). The molecule has 1 N–H and O–H groups in total. The third-order valence-corrected chi connectivity index (χ3v) is 4.78. The van der Waals surface area contributed by atoms with Crippen LogP contribution in [-0.2, 0) is 9.59 Å². The van der Waals surface area contributed by atoms with Crippen LogP contribution in [0.5, 0.6) is 0 Å². The molecule has 2 fully saturated rings. The molecule has 2 aliphatic rings. The number of hydrogen-bond acceptors (Lipinski definition) is 4. The molecule has 1 saturated carbocycles. The first-order valence-electron chi connectivity index (χ1n) is 6.86. The highest BCUT2D eigenvalue weighted by Crippen LogP contribution is 2.32. The topological polar surface area (TPSA) is 49.4 Å². The first-order chi connectivity index (χ1) is 9.20. The molecule has 0 aromatic carbocycles. The summed E-state index contributed by atoms with van der Waals surface area (Å²) in [7, 11) is 0. The fourth-order valence-corrected chi connectivity index (χ4v) is 3.50. The van der Waals surface area contributed by atoms with Crippen LogP contribution in [0.15, 0.2) is 17.5 Å². The number of carbonyl (C=O) groups is 2. The number of nitrogens with one attached hydrogen (secondary N) is 1. The Morgan fingerprint density at radius 1 is 1.47 bits per heavy atom. The minimum atomic E-state index is -0.333. The molecule has 1 aromatic heterocycles. The van der Waals surface area contributed by atoms with E-state index in [2.05, 4.69) is 18.3 Å². The van der Waals surface area contributed by atoms with E-state index in [9.17, 15) is 9.59 Å². The Bertz CT molecular complexity index is 482. The van der Waals surface area contributed by atoms with E-state index in [1.165, 1.54) is 9.78 Å². The molecule has 0 bridgehead atoms. The van der Waals surface area contributed by atoms with E-state index >= 15 is 0 Å². The summed E-state index contributed by atoms with van der Waals surface area (Å²) in [4.78, 5) is 26.9. The maximum Gasteiger partial charge on any atom is 0.247 e. The van der Waals surface area contributed by atoms with Crippen LogP contribution in [0.4, 0.5) is 0 Å². The molecule has 0 radical (unpaired) electrons. The summed E-state index contributed by atoms with van der Waals surface area (Å²) in [5.41, 5.74) is 0. The van der Waals surface area contributed by atoms with Gasteiger partial charge in [0, 0.05) is 17.0 Å². The standard InChI is InChI=1S/C14H18N2O2S/c1-2-10(12-4-3-7-19-12)15-11-8-13(17)16(14(11)18)9-5-6-9/h3-4,7,9-11,15H,2,5-6,8H2,1H3. The highest BCUT2D eigenvalue weighted by molar-refractivity contribution is 7.10. The molecule has 19 heavy (non-hydrogen) atoms. The van der Waals surface area contributed by atoms with E-state index in [-0.39, 0.29) is 29.9 Å². The lowest BCUT2D eigenvalue weighted by Gasteiger charge is -2.20. The van der Waals surface area contributed by atoms with Crippen molar-refractivity contribution < 1.29 is 9.59 Å². The van der Waals surface area contributed by atoms with Crippen LogP contribution < -0.4 is 5.32 Å². The lowest BCUT2D eigenvalue weighted by Crippen LogP contribution is -2.41. The predicted molar refractivity (Wildman–Crippen MR) is 73.8 cm³/mol.